The molecule has 6 heteroatoms. The molecule has 28 heavy (non-hydrogen) atoms. The van der Waals surface area contributed by atoms with Crippen LogP contribution in [0, 0.1) is 6.92 Å². The molecule has 1 fully saturated rings. The third-order valence-corrected chi connectivity index (χ3v) is 7.52. The topological polar surface area (TPSA) is 57.7 Å². The zero-order valence-electron chi connectivity index (χ0n) is 16.8. The van der Waals surface area contributed by atoms with E-state index in [4.69, 9.17) is 0 Å². The highest BCUT2D eigenvalue weighted by Gasteiger charge is 2.29. The third-order valence-electron chi connectivity index (χ3n) is 5.59. The van der Waals surface area contributed by atoms with Crippen LogP contribution in [-0.2, 0) is 10.0 Å². The quantitative estimate of drug-likeness (QED) is 0.755. The maximum Gasteiger partial charge on any atom is 0.258 e. The molecule has 1 aliphatic carbocycles. The molecule has 0 unspecified atom stereocenters. The van der Waals surface area contributed by atoms with Gasteiger partial charge in [-0.1, -0.05) is 37.0 Å². The lowest BCUT2D eigenvalue weighted by atomic mass is 9.96. The maximum atomic E-state index is 12.9. The maximum absolute atomic E-state index is 12.9. The van der Waals surface area contributed by atoms with E-state index in [1.54, 1.807) is 31.1 Å². The van der Waals surface area contributed by atoms with Gasteiger partial charge in [-0.05, 0) is 56.2 Å². The zero-order valence-corrected chi connectivity index (χ0v) is 17.6. The van der Waals surface area contributed by atoms with Crippen LogP contribution in [0.1, 0.15) is 48.0 Å². The number of carbonyl (C=O) groups excluding carboxylic acids is 1. The molecule has 2 aromatic rings. The molecule has 2 aromatic carbocycles. The molecular weight excluding hydrogens is 372 g/mol. The van der Waals surface area contributed by atoms with Crippen LogP contribution in [0.2, 0.25) is 0 Å². The van der Waals surface area contributed by atoms with E-state index >= 15 is 0 Å². The van der Waals surface area contributed by atoms with Crippen molar-refractivity contribution in [3.63, 3.8) is 0 Å². The first-order valence-corrected chi connectivity index (χ1v) is 11.2. The number of nitrogens with zero attached hydrogens (tertiary/aromatic N) is 2. The molecule has 5 nitrogen and oxygen atoms in total. The van der Waals surface area contributed by atoms with E-state index in [2.05, 4.69) is 0 Å². The van der Waals surface area contributed by atoms with E-state index in [9.17, 15) is 13.2 Å². The van der Waals surface area contributed by atoms with Gasteiger partial charge in [-0.2, -0.15) is 4.31 Å². The van der Waals surface area contributed by atoms with Gasteiger partial charge >= 0.3 is 0 Å². The Labute approximate surface area is 168 Å². The first-order chi connectivity index (χ1) is 13.3. The van der Waals surface area contributed by atoms with Gasteiger partial charge in [-0.3, -0.25) is 4.79 Å². The van der Waals surface area contributed by atoms with Crippen LogP contribution in [0.25, 0.3) is 0 Å². The highest BCUT2D eigenvalue weighted by atomic mass is 32.2. The molecule has 1 saturated carbocycles. The Morgan fingerprint density at radius 3 is 2.04 bits per heavy atom. The SMILES string of the molecule is Cc1ccc(N(C)C(=O)c2ccc(S(=O)(=O)N(C)C3CCCCC3)cc2)cc1. The van der Waals surface area contributed by atoms with Gasteiger partial charge in [0.25, 0.3) is 5.91 Å². The first kappa shape index (κ1) is 20.6. The van der Waals surface area contributed by atoms with Gasteiger partial charge in [-0.25, -0.2) is 8.42 Å². The number of hydrogen-bond donors (Lipinski definition) is 0. The summed E-state index contributed by atoms with van der Waals surface area (Å²) < 4.78 is 27.4. The largest absolute Gasteiger partial charge is 0.311 e. The number of hydrogen-bond acceptors (Lipinski definition) is 3. The van der Waals surface area contributed by atoms with Crippen LogP contribution in [-0.4, -0.2) is 38.8 Å². The van der Waals surface area contributed by atoms with Gasteiger partial charge in [-0.15, -0.1) is 0 Å². The standard InChI is InChI=1S/C22H28N2O3S/c1-17-9-13-19(14-10-17)23(2)22(25)18-11-15-21(16-12-18)28(26,27)24(3)20-7-5-4-6-8-20/h9-16,20H,4-8H2,1-3H3. The average molecular weight is 401 g/mol. The van der Waals surface area contributed by atoms with Crippen molar-refractivity contribution < 1.29 is 13.2 Å². The van der Waals surface area contributed by atoms with Crippen molar-refractivity contribution in [1.29, 1.82) is 0 Å². The minimum absolute atomic E-state index is 0.0627. The molecule has 0 spiro atoms. The number of rotatable bonds is 5. The van der Waals surface area contributed by atoms with E-state index in [-0.39, 0.29) is 16.8 Å². The van der Waals surface area contributed by atoms with Crippen molar-refractivity contribution >= 4 is 21.6 Å². The Kier molecular flexibility index (Phi) is 6.20. The minimum Gasteiger partial charge on any atom is -0.311 e. The smallest absolute Gasteiger partial charge is 0.258 e. The second-order valence-corrected chi connectivity index (χ2v) is 9.53. The Balaban J connectivity index is 1.76. The fourth-order valence-corrected chi connectivity index (χ4v) is 5.07. The predicted octanol–water partition coefficient (Wildman–Crippen LogP) is 4.22. The molecule has 3 rings (SSSR count). The lowest BCUT2D eigenvalue weighted by Crippen LogP contribution is -2.38. The lowest BCUT2D eigenvalue weighted by Gasteiger charge is -2.30. The highest BCUT2D eigenvalue weighted by molar-refractivity contribution is 7.89. The molecule has 1 aliphatic rings. The molecule has 0 bridgehead atoms. The second-order valence-electron chi connectivity index (χ2n) is 7.54. The summed E-state index contributed by atoms with van der Waals surface area (Å²) in [6.45, 7) is 2.00. The average Bonchev–Trinajstić information content (AvgIpc) is 2.73. The van der Waals surface area contributed by atoms with Crippen molar-refractivity contribution in [2.24, 2.45) is 0 Å². The van der Waals surface area contributed by atoms with E-state index in [0.717, 1.165) is 36.9 Å². The van der Waals surface area contributed by atoms with Gasteiger partial charge in [0.2, 0.25) is 10.0 Å². The van der Waals surface area contributed by atoms with Crippen LogP contribution < -0.4 is 4.90 Å². The van der Waals surface area contributed by atoms with Gasteiger partial charge in [0.1, 0.15) is 0 Å². The summed E-state index contributed by atoms with van der Waals surface area (Å²) in [5.74, 6) is -0.173. The number of anilines is 1. The molecule has 0 N–H and O–H groups in total. The molecule has 0 saturated heterocycles. The van der Waals surface area contributed by atoms with E-state index < -0.39 is 10.0 Å². The number of benzene rings is 2. The van der Waals surface area contributed by atoms with E-state index in [0.29, 0.717) is 5.56 Å². The predicted molar refractivity (Wildman–Crippen MR) is 112 cm³/mol. The van der Waals surface area contributed by atoms with Gasteiger partial charge in [0, 0.05) is 31.4 Å². The minimum atomic E-state index is -3.55. The third kappa shape index (κ3) is 4.28. The molecule has 150 valence electrons. The Bertz CT molecular complexity index is 915. The van der Waals surface area contributed by atoms with Crippen LogP contribution in [0.5, 0.6) is 0 Å². The lowest BCUT2D eigenvalue weighted by molar-refractivity contribution is 0.0993. The highest BCUT2D eigenvalue weighted by Crippen LogP contribution is 2.27. The number of amides is 1. The van der Waals surface area contributed by atoms with Crippen LogP contribution >= 0.6 is 0 Å². The Hall–Kier alpha value is -2.18. The first-order valence-electron chi connectivity index (χ1n) is 9.73. The molecule has 0 aromatic heterocycles. The summed E-state index contributed by atoms with van der Waals surface area (Å²) >= 11 is 0. The number of aryl methyl sites for hydroxylation is 1. The monoisotopic (exact) mass is 400 g/mol. The summed E-state index contributed by atoms with van der Waals surface area (Å²) in [5, 5.41) is 0. The van der Waals surface area contributed by atoms with Crippen molar-refractivity contribution in [2.75, 3.05) is 19.0 Å². The van der Waals surface area contributed by atoms with Gasteiger partial charge < -0.3 is 4.90 Å². The van der Waals surface area contributed by atoms with Gasteiger partial charge in [0.05, 0.1) is 4.90 Å². The fraction of sp³-hybridized carbons (Fsp3) is 0.409. The summed E-state index contributed by atoms with van der Waals surface area (Å²) in [5.41, 5.74) is 2.38. The molecule has 0 atom stereocenters. The summed E-state index contributed by atoms with van der Waals surface area (Å²) in [7, 11) is -0.171. The van der Waals surface area contributed by atoms with Crippen molar-refractivity contribution in [3.8, 4) is 0 Å². The number of sulfonamides is 1. The Morgan fingerprint density at radius 2 is 1.46 bits per heavy atom. The zero-order chi connectivity index (χ0) is 20.3. The van der Waals surface area contributed by atoms with Crippen molar-refractivity contribution in [3.05, 3.63) is 59.7 Å². The van der Waals surface area contributed by atoms with Crippen molar-refractivity contribution in [2.45, 2.75) is 50.0 Å². The second kappa shape index (κ2) is 8.45. The molecule has 0 radical (unpaired) electrons. The van der Waals surface area contributed by atoms with Crippen molar-refractivity contribution in [1.82, 2.24) is 4.31 Å². The fourth-order valence-electron chi connectivity index (χ4n) is 3.66. The normalized spacial score (nSPS) is 15.6. The molecule has 1 amide bonds. The van der Waals surface area contributed by atoms with E-state index in [1.165, 1.54) is 22.9 Å². The summed E-state index contributed by atoms with van der Waals surface area (Å²) in [6, 6.07) is 14.0. The summed E-state index contributed by atoms with van der Waals surface area (Å²) in [6.07, 6.45) is 5.14. The van der Waals surface area contributed by atoms with Crippen LogP contribution in [0.15, 0.2) is 53.4 Å². The van der Waals surface area contributed by atoms with Gasteiger partial charge in [0.15, 0.2) is 0 Å². The van der Waals surface area contributed by atoms with Crippen LogP contribution in [0.3, 0.4) is 0 Å². The molecule has 0 heterocycles. The Morgan fingerprint density at radius 1 is 0.893 bits per heavy atom. The summed E-state index contributed by atoms with van der Waals surface area (Å²) in [4.78, 5) is 14.5. The number of carbonyl (C=O) groups is 1. The molecular formula is C22H28N2O3S. The van der Waals surface area contributed by atoms with Crippen LogP contribution in [0.4, 0.5) is 5.69 Å². The van der Waals surface area contributed by atoms with E-state index in [1.807, 2.05) is 31.2 Å². The molecule has 0 aliphatic heterocycles.